The fraction of sp³-hybridized carbons (Fsp3) is 0.231. The molecule has 0 fully saturated rings. The van der Waals surface area contributed by atoms with Gasteiger partial charge in [-0.1, -0.05) is 30.3 Å². The summed E-state index contributed by atoms with van der Waals surface area (Å²) in [6.07, 6.45) is 0. The minimum Gasteiger partial charge on any atom is -0.0909 e. The molecule has 0 heterocycles. The molecule has 1 aliphatic rings. The molecule has 0 unspecified atom stereocenters. The Morgan fingerprint density at radius 2 is 1.62 bits per heavy atom. The van der Waals surface area contributed by atoms with E-state index in [1.165, 1.54) is 33.4 Å². The van der Waals surface area contributed by atoms with Crippen molar-refractivity contribution in [1.29, 1.82) is 0 Å². The lowest BCUT2D eigenvalue weighted by atomic mass is 10.0. The highest BCUT2D eigenvalue weighted by molar-refractivity contribution is 5.98. The summed E-state index contributed by atoms with van der Waals surface area (Å²) in [5, 5.41) is 0. The predicted molar refractivity (Wildman–Crippen MR) is 58.5 cm³/mol. The van der Waals surface area contributed by atoms with Gasteiger partial charge in [0, 0.05) is 0 Å². The van der Waals surface area contributed by atoms with Crippen LogP contribution in [-0.2, 0) is 0 Å². The van der Waals surface area contributed by atoms with Gasteiger partial charge in [-0.2, -0.15) is 0 Å². The van der Waals surface area contributed by atoms with Crippen LogP contribution < -0.4 is 0 Å². The standard InChI is InChI=1S/C13H14/c1-8-5-6-12-10(3)9(2)11(4)13(12)7-8/h5-7H,4H2,1-3H3. The number of benzene rings is 1. The molecule has 0 bridgehead atoms. The van der Waals surface area contributed by atoms with Crippen molar-refractivity contribution in [3.8, 4) is 0 Å². The van der Waals surface area contributed by atoms with Crippen LogP contribution in [0.4, 0.5) is 0 Å². The molecule has 0 aliphatic heterocycles. The van der Waals surface area contributed by atoms with E-state index in [0.717, 1.165) is 0 Å². The molecule has 1 aromatic carbocycles. The van der Waals surface area contributed by atoms with Crippen molar-refractivity contribution < 1.29 is 0 Å². The first-order valence-electron chi connectivity index (χ1n) is 4.59. The van der Waals surface area contributed by atoms with E-state index < -0.39 is 0 Å². The van der Waals surface area contributed by atoms with E-state index in [1.54, 1.807) is 0 Å². The first-order chi connectivity index (χ1) is 6.11. The molecule has 0 radical (unpaired) electrons. The highest BCUT2D eigenvalue weighted by Crippen LogP contribution is 2.39. The first-order valence-corrected chi connectivity index (χ1v) is 4.59. The van der Waals surface area contributed by atoms with Crippen molar-refractivity contribution in [3.05, 3.63) is 47.0 Å². The molecule has 0 atom stereocenters. The highest BCUT2D eigenvalue weighted by Gasteiger charge is 2.18. The topological polar surface area (TPSA) is 0 Å². The third-order valence-corrected chi connectivity index (χ3v) is 2.92. The quantitative estimate of drug-likeness (QED) is 0.555. The zero-order valence-corrected chi connectivity index (χ0v) is 8.44. The predicted octanol–water partition coefficient (Wildman–Crippen LogP) is 3.82. The van der Waals surface area contributed by atoms with Crippen molar-refractivity contribution in [1.82, 2.24) is 0 Å². The van der Waals surface area contributed by atoms with Crippen molar-refractivity contribution in [2.45, 2.75) is 20.8 Å². The SMILES string of the molecule is C=C1C(C)=C(C)c2ccc(C)cc21. The lowest BCUT2D eigenvalue weighted by molar-refractivity contribution is 1.44. The molecule has 1 aliphatic carbocycles. The summed E-state index contributed by atoms with van der Waals surface area (Å²) < 4.78 is 0. The van der Waals surface area contributed by atoms with Crippen LogP contribution in [0, 0.1) is 6.92 Å². The van der Waals surface area contributed by atoms with Crippen LogP contribution in [0.1, 0.15) is 30.5 Å². The Hall–Kier alpha value is -1.30. The number of fused-ring (bicyclic) bond motifs is 1. The van der Waals surface area contributed by atoms with Gasteiger partial charge >= 0.3 is 0 Å². The molecule has 0 N–H and O–H groups in total. The Balaban J connectivity index is 2.71. The van der Waals surface area contributed by atoms with Crippen LogP contribution in [0.3, 0.4) is 0 Å². The van der Waals surface area contributed by atoms with Gasteiger partial charge in [-0.25, -0.2) is 0 Å². The zero-order valence-electron chi connectivity index (χ0n) is 8.44. The summed E-state index contributed by atoms with van der Waals surface area (Å²) >= 11 is 0. The average Bonchev–Trinajstić information content (AvgIpc) is 2.32. The van der Waals surface area contributed by atoms with E-state index in [2.05, 4.69) is 45.5 Å². The smallest absolute Gasteiger partial charge is 0.0109 e. The number of hydrogen-bond donors (Lipinski definition) is 0. The van der Waals surface area contributed by atoms with E-state index in [1.807, 2.05) is 0 Å². The summed E-state index contributed by atoms with van der Waals surface area (Å²) in [7, 11) is 0. The van der Waals surface area contributed by atoms with Gasteiger partial charge in [0.1, 0.15) is 0 Å². The molecule has 13 heavy (non-hydrogen) atoms. The largest absolute Gasteiger partial charge is 0.0909 e. The molecule has 0 saturated heterocycles. The summed E-state index contributed by atoms with van der Waals surface area (Å²) in [6, 6.07) is 6.58. The maximum absolute atomic E-state index is 4.11. The molecule has 0 saturated carbocycles. The third kappa shape index (κ3) is 1.06. The fourth-order valence-electron chi connectivity index (χ4n) is 1.87. The van der Waals surface area contributed by atoms with Gasteiger partial charge in [-0.15, -0.1) is 0 Å². The van der Waals surface area contributed by atoms with E-state index >= 15 is 0 Å². The second-order valence-electron chi connectivity index (χ2n) is 3.78. The molecule has 0 spiro atoms. The molecule has 66 valence electrons. The van der Waals surface area contributed by atoms with Crippen LogP contribution in [0.15, 0.2) is 30.4 Å². The second kappa shape index (κ2) is 2.59. The van der Waals surface area contributed by atoms with Gasteiger partial charge in [0.05, 0.1) is 0 Å². The van der Waals surface area contributed by atoms with Gasteiger partial charge in [0.25, 0.3) is 0 Å². The number of aryl methyl sites for hydroxylation is 1. The third-order valence-electron chi connectivity index (χ3n) is 2.92. The normalized spacial score (nSPS) is 15.2. The zero-order chi connectivity index (χ0) is 9.59. The summed E-state index contributed by atoms with van der Waals surface area (Å²) in [5.74, 6) is 0. The molecular weight excluding hydrogens is 156 g/mol. The number of rotatable bonds is 0. The molecular formula is C13H14. The summed E-state index contributed by atoms with van der Waals surface area (Å²) in [5.41, 5.74) is 7.88. The Kier molecular flexibility index (Phi) is 1.66. The maximum atomic E-state index is 4.11. The van der Waals surface area contributed by atoms with E-state index in [9.17, 15) is 0 Å². The Morgan fingerprint density at radius 1 is 0.923 bits per heavy atom. The molecule has 2 rings (SSSR count). The number of hydrogen-bond acceptors (Lipinski definition) is 0. The molecule has 1 aromatic rings. The second-order valence-corrected chi connectivity index (χ2v) is 3.78. The van der Waals surface area contributed by atoms with Crippen molar-refractivity contribution >= 4 is 11.1 Å². The van der Waals surface area contributed by atoms with Crippen molar-refractivity contribution in [3.63, 3.8) is 0 Å². The first kappa shape index (κ1) is 8.31. The fourth-order valence-corrected chi connectivity index (χ4v) is 1.87. The Morgan fingerprint density at radius 3 is 2.31 bits per heavy atom. The van der Waals surface area contributed by atoms with E-state index in [0.29, 0.717) is 0 Å². The van der Waals surface area contributed by atoms with Gasteiger partial charge in [0.2, 0.25) is 0 Å². The summed E-state index contributed by atoms with van der Waals surface area (Å²) in [6.45, 7) is 10.5. The molecule has 0 heteroatoms. The van der Waals surface area contributed by atoms with Crippen LogP contribution in [-0.4, -0.2) is 0 Å². The number of allylic oxidation sites excluding steroid dienone is 3. The van der Waals surface area contributed by atoms with Gasteiger partial charge in [0.15, 0.2) is 0 Å². The average molecular weight is 170 g/mol. The maximum Gasteiger partial charge on any atom is -0.0109 e. The highest BCUT2D eigenvalue weighted by atomic mass is 14.2. The van der Waals surface area contributed by atoms with Crippen LogP contribution in [0.2, 0.25) is 0 Å². The van der Waals surface area contributed by atoms with Crippen LogP contribution in [0.5, 0.6) is 0 Å². The molecule has 0 aromatic heterocycles. The van der Waals surface area contributed by atoms with Gasteiger partial charge in [-0.05, 0) is 48.6 Å². The lowest BCUT2D eigenvalue weighted by Gasteiger charge is -2.02. The van der Waals surface area contributed by atoms with Crippen molar-refractivity contribution in [2.75, 3.05) is 0 Å². The van der Waals surface area contributed by atoms with Gasteiger partial charge in [-0.3, -0.25) is 0 Å². The molecule has 0 amide bonds. The van der Waals surface area contributed by atoms with Crippen molar-refractivity contribution in [2.24, 2.45) is 0 Å². The molecule has 0 nitrogen and oxygen atoms in total. The lowest BCUT2D eigenvalue weighted by Crippen LogP contribution is -1.83. The summed E-state index contributed by atoms with van der Waals surface area (Å²) in [4.78, 5) is 0. The van der Waals surface area contributed by atoms with E-state index in [-0.39, 0.29) is 0 Å². The monoisotopic (exact) mass is 170 g/mol. The minimum absolute atomic E-state index is 1.19. The Labute approximate surface area is 79.6 Å². The minimum atomic E-state index is 1.19. The van der Waals surface area contributed by atoms with Gasteiger partial charge < -0.3 is 0 Å². The van der Waals surface area contributed by atoms with E-state index in [4.69, 9.17) is 0 Å². The van der Waals surface area contributed by atoms with Crippen LogP contribution >= 0.6 is 0 Å². The Bertz CT molecular complexity index is 420. The van der Waals surface area contributed by atoms with Crippen LogP contribution in [0.25, 0.3) is 11.1 Å².